The number of aryl methyl sites for hydroxylation is 1. The van der Waals surface area contributed by atoms with Gasteiger partial charge in [-0.05, 0) is 30.5 Å². The molecule has 118 valence electrons. The molecule has 7 heteroatoms. The van der Waals surface area contributed by atoms with Gasteiger partial charge in [-0.15, -0.1) is 0 Å². The van der Waals surface area contributed by atoms with E-state index in [2.05, 4.69) is 10.0 Å². The molecule has 21 heavy (non-hydrogen) atoms. The molecule has 3 N–H and O–H groups in total. The maximum absolute atomic E-state index is 12.3. The van der Waals surface area contributed by atoms with Crippen LogP contribution in [0.3, 0.4) is 0 Å². The molecular formula is C14H22N2O4S. The number of rotatable bonds is 6. The number of sulfonamides is 1. The van der Waals surface area contributed by atoms with Crippen molar-refractivity contribution < 1.29 is 18.3 Å². The van der Waals surface area contributed by atoms with Gasteiger partial charge < -0.3 is 10.4 Å². The van der Waals surface area contributed by atoms with E-state index in [0.717, 1.165) is 0 Å². The van der Waals surface area contributed by atoms with Gasteiger partial charge in [-0.2, -0.15) is 0 Å². The number of anilines is 1. The Labute approximate surface area is 125 Å². The third kappa shape index (κ3) is 5.11. The summed E-state index contributed by atoms with van der Waals surface area (Å²) < 4.78 is 27.0. The van der Waals surface area contributed by atoms with Crippen molar-refractivity contribution in [2.24, 2.45) is 5.92 Å². The zero-order valence-electron chi connectivity index (χ0n) is 12.7. The molecular weight excluding hydrogens is 292 g/mol. The van der Waals surface area contributed by atoms with E-state index in [4.69, 9.17) is 0 Å². The van der Waals surface area contributed by atoms with Gasteiger partial charge in [0.1, 0.15) is 0 Å². The highest BCUT2D eigenvalue weighted by molar-refractivity contribution is 7.89. The molecule has 0 heterocycles. The Hall–Kier alpha value is -1.44. The van der Waals surface area contributed by atoms with Crippen molar-refractivity contribution in [3.05, 3.63) is 23.8 Å². The van der Waals surface area contributed by atoms with Crippen LogP contribution >= 0.6 is 0 Å². The molecule has 0 aliphatic rings. The molecule has 0 aliphatic carbocycles. The fourth-order valence-electron chi connectivity index (χ4n) is 1.68. The summed E-state index contributed by atoms with van der Waals surface area (Å²) in [6.07, 6.45) is -0.751. The fraction of sp³-hybridized carbons (Fsp3) is 0.500. The number of amides is 1. The Balaban J connectivity index is 2.99. The summed E-state index contributed by atoms with van der Waals surface area (Å²) in [5, 5.41) is 12.2. The summed E-state index contributed by atoms with van der Waals surface area (Å²) in [6.45, 7) is 6.59. The minimum atomic E-state index is -3.74. The Bertz CT molecular complexity index is 611. The number of hydrogen-bond acceptors (Lipinski definition) is 4. The third-order valence-electron chi connectivity index (χ3n) is 3.05. The minimum Gasteiger partial charge on any atom is -0.391 e. The number of nitrogens with one attached hydrogen (secondary N) is 2. The normalized spacial score (nSPS) is 13.2. The lowest BCUT2D eigenvalue weighted by molar-refractivity contribution is -0.114. The number of carbonyl (C=O) groups excluding carboxylic acids is 1. The summed E-state index contributed by atoms with van der Waals surface area (Å²) in [4.78, 5) is 11.1. The van der Waals surface area contributed by atoms with Crippen molar-refractivity contribution in [3.8, 4) is 0 Å². The van der Waals surface area contributed by atoms with E-state index in [-0.39, 0.29) is 23.3 Å². The highest BCUT2D eigenvalue weighted by atomic mass is 32.2. The second-order valence-electron chi connectivity index (χ2n) is 5.32. The Morgan fingerprint density at radius 3 is 2.48 bits per heavy atom. The molecule has 1 rings (SSSR count). The molecule has 0 bridgehead atoms. The number of hydrogen-bond donors (Lipinski definition) is 3. The molecule has 0 fully saturated rings. The summed E-state index contributed by atoms with van der Waals surface area (Å²) in [7, 11) is -3.74. The molecule has 1 atom stereocenters. The van der Waals surface area contributed by atoms with Crippen LogP contribution in [0, 0.1) is 12.8 Å². The topological polar surface area (TPSA) is 95.5 Å². The molecule has 6 nitrogen and oxygen atoms in total. The van der Waals surface area contributed by atoms with E-state index in [1.54, 1.807) is 19.1 Å². The van der Waals surface area contributed by atoms with Crippen molar-refractivity contribution in [1.29, 1.82) is 0 Å². The van der Waals surface area contributed by atoms with Gasteiger partial charge in [0, 0.05) is 19.2 Å². The van der Waals surface area contributed by atoms with Gasteiger partial charge >= 0.3 is 0 Å². The third-order valence-corrected chi connectivity index (χ3v) is 4.62. The molecule has 0 aliphatic heterocycles. The standard InChI is InChI=1S/C14H22N2O4S/c1-9(2)13(18)8-15-21(19,20)14-7-12(16-11(4)17)6-5-10(14)3/h5-7,9,13,15,18H,8H2,1-4H3,(H,16,17). The highest BCUT2D eigenvalue weighted by Crippen LogP contribution is 2.20. The average molecular weight is 314 g/mol. The van der Waals surface area contributed by atoms with Gasteiger partial charge in [-0.1, -0.05) is 19.9 Å². The van der Waals surface area contributed by atoms with E-state index in [1.807, 2.05) is 13.8 Å². The average Bonchev–Trinajstić information content (AvgIpc) is 2.37. The molecule has 0 radical (unpaired) electrons. The molecule has 1 aromatic rings. The van der Waals surface area contributed by atoms with Crippen molar-refractivity contribution in [2.45, 2.75) is 38.7 Å². The number of aliphatic hydroxyl groups excluding tert-OH is 1. The van der Waals surface area contributed by atoms with E-state index >= 15 is 0 Å². The summed E-state index contributed by atoms with van der Waals surface area (Å²) in [6, 6.07) is 4.66. The SMILES string of the molecule is CC(=O)Nc1ccc(C)c(S(=O)(=O)NCC(O)C(C)C)c1. The van der Waals surface area contributed by atoms with Crippen LogP contribution in [0.5, 0.6) is 0 Å². The zero-order chi connectivity index (χ0) is 16.2. The van der Waals surface area contributed by atoms with Crippen molar-refractivity contribution in [1.82, 2.24) is 4.72 Å². The Morgan fingerprint density at radius 2 is 1.95 bits per heavy atom. The number of aliphatic hydroxyl groups is 1. The van der Waals surface area contributed by atoms with Gasteiger partial charge in [0.05, 0.1) is 11.0 Å². The van der Waals surface area contributed by atoms with Crippen molar-refractivity contribution in [3.63, 3.8) is 0 Å². The number of carbonyl (C=O) groups is 1. The lowest BCUT2D eigenvalue weighted by atomic mass is 10.1. The molecule has 1 unspecified atom stereocenters. The first-order chi connectivity index (χ1) is 9.63. The van der Waals surface area contributed by atoms with Gasteiger partial charge in [0.15, 0.2) is 0 Å². The van der Waals surface area contributed by atoms with Crippen LogP contribution in [0.4, 0.5) is 5.69 Å². The summed E-state index contributed by atoms with van der Waals surface area (Å²) >= 11 is 0. The quantitative estimate of drug-likeness (QED) is 0.736. The first-order valence-electron chi connectivity index (χ1n) is 6.69. The van der Waals surface area contributed by atoms with E-state index in [9.17, 15) is 18.3 Å². The Morgan fingerprint density at radius 1 is 1.33 bits per heavy atom. The van der Waals surface area contributed by atoms with Gasteiger partial charge in [-0.25, -0.2) is 13.1 Å². The monoisotopic (exact) mass is 314 g/mol. The predicted octanol–water partition coefficient (Wildman–Crippen LogP) is 1.25. The van der Waals surface area contributed by atoms with Crippen LogP contribution in [0.15, 0.2) is 23.1 Å². The summed E-state index contributed by atoms with van der Waals surface area (Å²) in [5.41, 5.74) is 0.980. The van der Waals surface area contributed by atoms with Gasteiger partial charge in [0.25, 0.3) is 0 Å². The maximum atomic E-state index is 12.3. The molecule has 0 saturated carbocycles. The maximum Gasteiger partial charge on any atom is 0.240 e. The molecule has 0 saturated heterocycles. The van der Waals surface area contributed by atoms with Gasteiger partial charge in [-0.3, -0.25) is 4.79 Å². The number of benzene rings is 1. The minimum absolute atomic E-state index is 0.0421. The first-order valence-corrected chi connectivity index (χ1v) is 8.17. The zero-order valence-corrected chi connectivity index (χ0v) is 13.5. The lowest BCUT2D eigenvalue weighted by Gasteiger charge is -2.16. The largest absolute Gasteiger partial charge is 0.391 e. The molecule has 0 spiro atoms. The molecule has 1 aromatic carbocycles. The van der Waals surface area contributed by atoms with Crippen LogP contribution in [-0.2, 0) is 14.8 Å². The van der Waals surface area contributed by atoms with Crippen molar-refractivity contribution in [2.75, 3.05) is 11.9 Å². The second kappa shape index (κ2) is 7.02. The van der Waals surface area contributed by atoms with Gasteiger partial charge in [0.2, 0.25) is 15.9 Å². The van der Waals surface area contributed by atoms with Crippen LogP contribution < -0.4 is 10.0 Å². The van der Waals surface area contributed by atoms with Crippen LogP contribution in [0.1, 0.15) is 26.3 Å². The Kier molecular flexibility index (Phi) is 5.88. The van der Waals surface area contributed by atoms with E-state index in [0.29, 0.717) is 11.3 Å². The molecule has 0 aromatic heterocycles. The second-order valence-corrected chi connectivity index (χ2v) is 7.06. The lowest BCUT2D eigenvalue weighted by Crippen LogP contribution is -2.35. The first kappa shape index (κ1) is 17.6. The molecule has 1 amide bonds. The van der Waals surface area contributed by atoms with E-state index in [1.165, 1.54) is 13.0 Å². The van der Waals surface area contributed by atoms with Crippen LogP contribution in [-0.4, -0.2) is 32.1 Å². The summed E-state index contributed by atoms with van der Waals surface area (Å²) in [5.74, 6) is -0.315. The highest BCUT2D eigenvalue weighted by Gasteiger charge is 2.20. The van der Waals surface area contributed by atoms with Crippen LogP contribution in [0.2, 0.25) is 0 Å². The predicted molar refractivity (Wildman–Crippen MR) is 81.5 cm³/mol. The smallest absolute Gasteiger partial charge is 0.240 e. The van der Waals surface area contributed by atoms with Crippen molar-refractivity contribution >= 4 is 21.6 Å². The van der Waals surface area contributed by atoms with Crippen LogP contribution in [0.25, 0.3) is 0 Å². The fourth-order valence-corrected chi connectivity index (χ4v) is 3.00. The van der Waals surface area contributed by atoms with E-state index < -0.39 is 16.1 Å².